The van der Waals surface area contributed by atoms with Gasteiger partial charge in [-0.15, -0.1) is 0 Å². The summed E-state index contributed by atoms with van der Waals surface area (Å²) < 4.78 is 17.3. The lowest BCUT2D eigenvalue weighted by molar-refractivity contribution is -0.118. The molecule has 1 N–H and O–H groups in total. The van der Waals surface area contributed by atoms with Gasteiger partial charge in [0.15, 0.2) is 12.4 Å². The van der Waals surface area contributed by atoms with Gasteiger partial charge in [-0.05, 0) is 73.4 Å². The molecule has 3 aromatic rings. The van der Waals surface area contributed by atoms with Crippen LogP contribution in [0.4, 0.5) is 5.69 Å². The Morgan fingerprint density at radius 3 is 2.32 bits per heavy atom. The first kappa shape index (κ1) is 22.2. The standard InChI is InChI=1S/C26H29NO4/c1-5-29-20-11-13-21(14-12-20)31-24-9-7-6-8-23(24)27-26(28)17-30-25-16-19(4)10-15-22(25)18(2)3/h6-16,18H,5,17H2,1-4H3,(H,27,28). The maximum Gasteiger partial charge on any atom is 0.262 e. The fourth-order valence-corrected chi connectivity index (χ4v) is 3.13. The molecule has 0 spiro atoms. The molecule has 0 bridgehead atoms. The molecule has 0 aliphatic carbocycles. The minimum absolute atomic E-state index is 0.0828. The van der Waals surface area contributed by atoms with Crippen LogP contribution in [0.15, 0.2) is 66.7 Å². The van der Waals surface area contributed by atoms with Crippen LogP contribution in [0.25, 0.3) is 0 Å². The number of para-hydroxylation sites is 2. The molecule has 0 atom stereocenters. The fourth-order valence-electron chi connectivity index (χ4n) is 3.13. The van der Waals surface area contributed by atoms with Gasteiger partial charge in [0.2, 0.25) is 0 Å². The summed E-state index contributed by atoms with van der Waals surface area (Å²) in [4.78, 5) is 12.6. The second-order valence-electron chi connectivity index (χ2n) is 7.54. The average Bonchev–Trinajstić information content (AvgIpc) is 2.75. The van der Waals surface area contributed by atoms with Gasteiger partial charge in [-0.3, -0.25) is 4.79 Å². The maximum absolute atomic E-state index is 12.6. The molecule has 0 aliphatic heterocycles. The molecule has 0 aliphatic rings. The molecule has 31 heavy (non-hydrogen) atoms. The number of hydrogen-bond acceptors (Lipinski definition) is 4. The normalized spacial score (nSPS) is 10.6. The molecule has 0 aromatic heterocycles. The lowest BCUT2D eigenvalue weighted by Crippen LogP contribution is -2.21. The molecule has 5 heteroatoms. The van der Waals surface area contributed by atoms with Crippen molar-refractivity contribution >= 4 is 11.6 Å². The smallest absolute Gasteiger partial charge is 0.262 e. The summed E-state index contributed by atoms with van der Waals surface area (Å²) in [5.41, 5.74) is 2.75. The number of ether oxygens (including phenoxy) is 3. The quantitative estimate of drug-likeness (QED) is 0.440. The van der Waals surface area contributed by atoms with Crippen molar-refractivity contribution in [3.8, 4) is 23.0 Å². The lowest BCUT2D eigenvalue weighted by Gasteiger charge is -2.16. The van der Waals surface area contributed by atoms with Crippen LogP contribution in [-0.2, 0) is 4.79 Å². The molecule has 0 heterocycles. The van der Waals surface area contributed by atoms with Crippen LogP contribution in [0.5, 0.6) is 23.0 Å². The molecule has 162 valence electrons. The van der Waals surface area contributed by atoms with Gasteiger partial charge in [-0.25, -0.2) is 0 Å². The summed E-state index contributed by atoms with van der Waals surface area (Å²) in [6.07, 6.45) is 0. The van der Waals surface area contributed by atoms with Crippen molar-refractivity contribution in [1.29, 1.82) is 0 Å². The monoisotopic (exact) mass is 419 g/mol. The van der Waals surface area contributed by atoms with Gasteiger partial charge in [-0.2, -0.15) is 0 Å². The third kappa shape index (κ3) is 6.25. The number of amides is 1. The molecular formula is C26H29NO4. The Labute approximate surface area is 184 Å². The van der Waals surface area contributed by atoms with E-state index in [9.17, 15) is 4.79 Å². The summed E-state index contributed by atoms with van der Waals surface area (Å²) in [5.74, 6) is 2.79. The molecule has 0 radical (unpaired) electrons. The second kappa shape index (κ2) is 10.5. The zero-order valence-electron chi connectivity index (χ0n) is 18.5. The number of anilines is 1. The third-order valence-electron chi connectivity index (χ3n) is 4.67. The first-order valence-electron chi connectivity index (χ1n) is 10.5. The number of aryl methyl sites for hydroxylation is 1. The highest BCUT2D eigenvalue weighted by Crippen LogP contribution is 2.31. The van der Waals surface area contributed by atoms with E-state index in [0.717, 1.165) is 22.6 Å². The van der Waals surface area contributed by atoms with Crippen LogP contribution in [0.2, 0.25) is 0 Å². The van der Waals surface area contributed by atoms with Gasteiger partial charge in [0.25, 0.3) is 5.91 Å². The maximum atomic E-state index is 12.6. The molecule has 0 fully saturated rings. The molecule has 0 saturated heterocycles. The van der Waals surface area contributed by atoms with Gasteiger partial charge in [0, 0.05) is 0 Å². The zero-order chi connectivity index (χ0) is 22.2. The van der Waals surface area contributed by atoms with Crippen molar-refractivity contribution < 1.29 is 19.0 Å². The highest BCUT2D eigenvalue weighted by atomic mass is 16.5. The number of carbonyl (C=O) groups is 1. The third-order valence-corrected chi connectivity index (χ3v) is 4.67. The van der Waals surface area contributed by atoms with Crippen molar-refractivity contribution in [2.24, 2.45) is 0 Å². The zero-order valence-corrected chi connectivity index (χ0v) is 18.5. The summed E-state index contributed by atoms with van der Waals surface area (Å²) >= 11 is 0. The predicted octanol–water partition coefficient (Wildman–Crippen LogP) is 6.33. The van der Waals surface area contributed by atoms with Gasteiger partial charge < -0.3 is 19.5 Å². The van der Waals surface area contributed by atoms with E-state index in [2.05, 4.69) is 25.2 Å². The fraction of sp³-hybridized carbons (Fsp3) is 0.269. The molecule has 3 rings (SSSR count). The molecule has 1 amide bonds. The van der Waals surface area contributed by atoms with E-state index >= 15 is 0 Å². The van der Waals surface area contributed by atoms with Gasteiger partial charge in [0.05, 0.1) is 12.3 Å². The van der Waals surface area contributed by atoms with Gasteiger partial charge in [0.1, 0.15) is 17.2 Å². The Morgan fingerprint density at radius 1 is 0.903 bits per heavy atom. The van der Waals surface area contributed by atoms with E-state index in [1.54, 1.807) is 6.07 Å². The van der Waals surface area contributed by atoms with E-state index in [1.807, 2.05) is 68.4 Å². The Hall–Kier alpha value is -3.47. The summed E-state index contributed by atoms with van der Waals surface area (Å²) in [5, 5.41) is 2.88. The number of nitrogens with one attached hydrogen (secondary N) is 1. The van der Waals surface area contributed by atoms with Crippen molar-refractivity contribution in [2.75, 3.05) is 18.5 Å². The van der Waals surface area contributed by atoms with Crippen molar-refractivity contribution in [1.82, 2.24) is 0 Å². The van der Waals surface area contributed by atoms with Crippen LogP contribution in [-0.4, -0.2) is 19.1 Å². The summed E-state index contributed by atoms with van der Waals surface area (Å²) in [6, 6.07) is 20.7. The first-order valence-corrected chi connectivity index (χ1v) is 10.5. The average molecular weight is 420 g/mol. The highest BCUT2D eigenvalue weighted by Gasteiger charge is 2.12. The lowest BCUT2D eigenvalue weighted by atomic mass is 10.0. The molecule has 5 nitrogen and oxygen atoms in total. The van der Waals surface area contributed by atoms with Crippen LogP contribution < -0.4 is 19.5 Å². The molecule has 0 saturated carbocycles. The van der Waals surface area contributed by atoms with Gasteiger partial charge >= 0.3 is 0 Å². The highest BCUT2D eigenvalue weighted by molar-refractivity contribution is 5.93. The molecule has 0 unspecified atom stereocenters. The van der Waals surface area contributed by atoms with Crippen molar-refractivity contribution in [3.05, 3.63) is 77.9 Å². The van der Waals surface area contributed by atoms with E-state index in [4.69, 9.17) is 14.2 Å². The molecule has 3 aromatic carbocycles. The number of hydrogen-bond donors (Lipinski definition) is 1. The van der Waals surface area contributed by atoms with Crippen molar-refractivity contribution in [3.63, 3.8) is 0 Å². The minimum Gasteiger partial charge on any atom is -0.494 e. The Kier molecular flexibility index (Phi) is 7.55. The summed E-state index contributed by atoms with van der Waals surface area (Å²) in [7, 11) is 0. The summed E-state index contributed by atoms with van der Waals surface area (Å²) in [6.45, 7) is 8.68. The van der Waals surface area contributed by atoms with Crippen LogP contribution in [0.3, 0.4) is 0 Å². The minimum atomic E-state index is -0.251. The number of benzene rings is 3. The van der Waals surface area contributed by atoms with Crippen LogP contribution >= 0.6 is 0 Å². The van der Waals surface area contributed by atoms with E-state index in [1.165, 1.54) is 0 Å². The van der Waals surface area contributed by atoms with Crippen LogP contribution in [0.1, 0.15) is 37.8 Å². The van der Waals surface area contributed by atoms with E-state index in [0.29, 0.717) is 29.7 Å². The van der Waals surface area contributed by atoms with Gasteiger partial charge in [-0.1, -0.05) is 38.1 Å². The Bertz CT molecular complexity index is 1010. The van der Waals surface area contributed by atoms with E-state index < -0.39 is 0 Å². The first-order chi connectivity index (χ1) is 15.0. The largest absolute Gasteiger partial charge is 0.494 e. The Morgan fingerprint density at radius 2 is 1.61 bits per heavy atom. The van der Waals surface area contributed by atoms with E-state index in [-0.39, 0.29) is 12.5 Å². The number of rotatable bonds is 9. The Balaban J connectivity index is 1.65. The topological polar surface area (TPSA) is 56.8 Å². The predicted molar refractivity (Wildman–Crippen MR) is 124 cm³/mol. The second-order valence-corrected chi connectivity index (χ2v) is 7.54. The number of carbonyl (C=O) groups excluding carboxylic acids is 1. The SMILES string of the molecule is CCOc1ccc(Oc2ccccc2NC(=O)COc2cc(C)ccc2C(C)C)cc1. The molecular weight excluding hydrogens is 390 g/mol. The van der Waals surface area contributed by atoms with Crippen molar-refractivity contribution in [2.45, 2.75) is 33.6 Å². The van der Waals surface area contributed by atoms with Crippen LogP contribution in [0, 0.1) is 6.92 Å².